The number of thioether (sulfide) groups is 1. The molecular formula is C29H32N4O3S3. The number of nitrogens with zero attached hydrogens (tertiary/aromatic N) is 4. The number of sulfonamides is 1. The first-order valence-corrected chi connectivity index (χ1v) is 16.1. The topological polar surface area (TPSA) is 75.5 Å². The fraction of sp³-hybridized carbons (Fsp3) is 0.345. The van der Waals surface area contributed by atoms with Crippen molar-refractivity contribution in [1.29, 1.82) is 0 Å². The molecule has 7 nitrogen and oxygen atoms in total. The van der Waals surface area contributed by atoms with Gasteiger partial charge in [-0.2, -0.15) is 9.40 Å². The molecule has 1 amide bonds. The van der Waals surface area contributed by atoms with Crippen LogP contribution in [0.25, 0.3) is 23.0 Å². The lowest BCUT2D eigenvalue weighted by atomic mass is 10.1. The first-order valence-electron chi connectivity index (χ1n) is 13.4. The molecule has 10 heteroatoms. The van der Waals surface area contributed by atoms with E-state index in [2.05, 4.69) is 6.92 Å². The molecule has 0 aliphatic carbocycles. The van der Waals surface area contributed by atoms with Gasteiger partial charge in [0.1, 0.15) is 4.32 Å². The molecule has 2 aliphatic heterocycles. The fourth-order valence-corrected chi connectivity index (χ4v) is 7.64. The number of amides is 1. The van der Waals surface area contributed by atoms with E-state index < -0.39 is 10.0 Å². The van der Waals surface area contributed by atoms with Crippen LogP contribution < -0.4 is 0 Å². The van der Waals surface area contributed by atoms with Gasteiger partial charge in [-0.25, -0.2) is 13.1 Å². The van der Waals surface area contributed by atoms with Crippen LogP contribution in [0.1, 0.15) is 51.0 Å². The second kappa shape index (κ2) is 12.2. The van der Waals surface area contributed by atoms with Crippen LogP contribution in [0.3, 0.4) is 0 Å². The molecule has 204 valence electrons. The normalized spacial score (nSPS) is 17.9. The third-order valence-electron chi connectivity index (χ3n) is 6.99. The van der Waals surface area contributed by atoms with Crippen LogP contribution in [-0.2, 0) is 14.8 Å². The Morgan fingerprint density at radius 2 is 1.72 bits per heavy atom. The molecule has 0 radical (unpaired) electrons. The Bertz CT molecular complexity index is 1480. The van der Waals surface area contributed by atoms with Gasteiger partial charge in [-0.15, -0.1) is 0 Å². The molecule has 1 aromatic heterocycles. The van der Waals surface area contributed by atoms with Crippen LogP contribution in [-0.4, -0.2) is 57.3 Å². The van der Waals surface area contributed by atoms with Gasteiger partial charge < -0.3 is 0 Å². The molecule has 2 saturated heterocycles. The van der Waals surface area contributed by atoms with E-state index in [4.69, 9.17) is 17.3 Å². The zero-order valence-electron chi connectivity index (χ0n) is 22.0. The van der Waals surface area contributed by atoms with Crippen molar-refractivity contribution < 1.29 is 13.2 Å². The summed E-state index contributed by atoms with van der Waals surface area (Å²) < 4.78 is 30.2. The standard InChI is InChI=1S/C29H32N4O3S3/c1-2-3-8-19-32-28(34)26(38-29(32)37)20-23-21-33(24-11-6-4-7-12-24)30-27(23)22-13-15-25(16-14-22)39(35,36)31-17-9-5-10-18-31/h4,6-7,11-16,20-21H,2-3,5,8-10,17-19H2,1H3/b26-20+. The smallest absolute Gasteiger partial charge is 0.266 e. The third-order valence-corrected chi connectivity index (χ3v) is 10.3. The van der Waals surface area contributed by atoms with Crippen LogP contribution in [0.15, 0.2) is 70.6 Å². The van der Waals surface area contributed by atoms with Gasteiger partial charge in [0.2, 0.25) is 10.0 Å². The van der Waals surface area contributed by atoms with Gasteiger partial charge in [-0.05, 0) is 49.6 Å². The second-order valence-electron chi connectivity index (χ2n) is 9.74. The molecule has 2 fully saturated rings. The second-order valence-corrected chi connectivity index (χ2v) is 13.4. The number of piperidine rings is 1. The summed E-state index contributed by atoms with van der Waals surface area (Å²) in [4.78, 5) is 15.7. The number of hydrogen-bond acceptors (Lipinski definition) is 6. The third kappa shape index (κ3) is 6.04. The molecule has 0 saturated carbocycles. The number of carbonyl (C=O) groups excluding carboxylic acids is 1. The Labute approximate surface area is 239 Å². The van der Waals surface area contributed by atoms with Crippen molar-refractivity contribution in [2.45, 2.75) is 50.3 Å². The van der Waals surface area contributed by atoms with E-state index in [0.717, 1.165) is 55.3 Å². The summed E-state index contributed by atoms with van der Waals surface area (Å²) in [6.45, 7) is 3.88. The number of hydrogen-bond donors (Lipinski definition) is 0. The maximum absolute atomic E-state index is 13.2. The number of rotatable bonds is 9. The minimum Gasteiger partial charge on any atom is -0.293 e. The summed E-state index contributed by atoms with van der Waals surface area (Å²) in [5.74, 6) is -0.0810. The lowest BCUT2D eigenvalue weighted by Gasteiger charge is -2.25. The molecule has 2 aromatic carbocycles. The summed E-state index contributed by atoms with van der Waals surface area (Å²) in [6, 6.07) is 16.6. The van der Waals surface area contributed by atoms with Crippen molar-refractivity contribution in [2.75, 3.05) is 19.6 Å². The molecule has 3 heterocycles. The van der Waals surface area contributed by atoms with Gasteiger partial charge in [0, 0.05) is 37.0 Å². The van der Waals surface area contributed by atoms with E-state index in [0.29, 0.717) is 34.6 Å². The Balaban J connectivity index is 1.49. The van der Waals surface area contributed by atoms with Crippen LogP contribution in [0.2, 0.25) is 0 Å². The lowest BCUT2D eigenvalue weighted by molar-refractivity contribution is -0.122. The molecule has 3 aromatic rings. The molecule has 0 atom stereocenters. The SMILES string of the molecule is CCCCCN1C(=O)/C(=C\c2cn(-c3ccccc3)nc2-c2ccc(S(=O)(=O)N3CCCCC3)cc2)SC1=S. The molecule has 0 bridgehead atoms. The van der Waals surface area contributed by atoms with Crippen molar-refractivity contribution >= 4 is 50.3 Å². The highest BCUT2D eigenvalue weighted by atomic mass is 32.2. The van der Waals surface area contributed by atoms with E-state index >= 15 is 0 Å². The minimum absolute atomic E-state index is 0.0810. The van der Waals surface area contributed by atoms with Gasteiger partial charge in [0.25, 0.3) is 5.91 Å². The molecule has 0 N–H and O–H groups in total. The Morgan fingerprint density at radius 3 is 2.41 bits per heavy atom. The highest BCUT2D eigenvalue weighted by molar-refractivity contribution is 8.26. The first-order chi connectivity index (χ1) is 18.9. The van der Waals surface area contributed by atoms with Gasteiger partial charge >= 0.3 is 0 Å². The largest absolute Gasteiger partial charge is 0.293 e. The van der Waals surface area contributed by atoms with Crippen molar-refractivity contribution in [1.82, 2.24) is 19.0 Å². The molecule has 39 heavy (non-hydrogen) atoms. The number of carbonyl (C=O) groups is 1. The molecular weight excluding hydrogens is 549 g/mol. The monoisotopic (exact) mass is 580 g/mol. The Kier molecular flexibility index (Phi) is 8.66. The number of unbranched alkanes of at least 4 members (excludes halogenated alkanes) is 2. The summed E-state index contributed by atoms with van der Waals surface area (Å²) in [6.07, 6.45) is 9.63. The maximum Gasteiger partial charge on any atom is 0.266 e. The molecule has 0 spiro atoms. The van der Waals surface area contributed by atoms with Gasteiger partial charge in [0.15, 0.2) is 0 Å². The average Bonchev–Trinajstić information content (AvgIpc) is 3.50. The highest BCUT2D eigenvalue weighted by Crippen LogP contribution is 2.35. The van der Waals surface area contributed by atoms with E-state index in [1.807, 2.05) is 42.6 Å². The zero-order chi connectivity index (χ0) is 27.4. The van der Waals surface area contributed by atoms with E-state index in [1.54, 1.807) is 38.2 Å². The van der Waals surface area contributed by atoms with Crippen molar-refractivity contribution in [2.24, 2.45) is 0 Å². The Hall–Kier alpha value is -2.79. The number of thiocarbonyl (C=S) groups is 1. The summed E-state index contributed by atoms with van der Waals surface area (Å²) >= 11 is 6.83. The predicted molar refractivity (Wildman–Crippen MR) is 161 cm³/mol. The van der Waals surface area contributed by atoms with E-state index in [1.165, 1.54) is 11.8 Å². The lowest BCUT2D eigenvalue weighted by Crippen LogP contribution is -2.35. The summed E-state index contributed by atoms with van der Waals surface area (Å²) in [5.41, 5.74) is 3.08. The van der Waals surface area contributed by atoms with E-state index in [-0.39, 0.29) is 10.8 Å². The van der Waals surface area contributed by atoms with Crippen molar-refractivity contribution in [3.8, 4) is 16.9 Å². The molecule has 5 rings (SSSR count). The number of aromatic nitrogens is 2. The fourth-order valence-electron chi connectivity index (χ4n) is 4.82. The van der Waals surface area contributed by atoms with Crippen molar-refractivity contribution in [3.05, 3.63) is 71.3 Å². The predicted octanol–water partition coefficient (Wildman–Crippen LogP) is 6.11. The zero-order valence-corrected chi connectivity index (χ0v) is 24.4. The minimum atomic E-state index is -3.53. The van der Waals surface area contributed by atoms with Gasteiger partial charge in [0.05, 0.1) is 21.2 Å². The average molecular weight is 581 g/mol. The van der Waals surface area contributed by atoms with Crippen LogP contribution in [0.4, 0.5) is 0 Å². The van der Waals surface area contributed by atoms with Gasteiger partial charge in [-0.3, -0.25) is 9.69 Å². The van der Waals surface area contributed by atoms with Crippen LogP contribution in [0.5, 0.6) is 0 Å². The highest BCUT2D eigenvalue weighted by Gasteiger charge is 2.32. The quantitative estimate of drug-likeness (QED) is 0.173. The van der Waals surface area contributed by atoms with E-state index in [9.17, 15) is 13.2 Å². The summed E-state index contributed by atoms with van der Waals surface area (Å²) in [5, 5.41) is 4.84. The van der Waals surface area contributed by atoms with Crippen molar-refractivity contribution in [3.63, 3.8) is 0 Å². The van der Waals surface area contributed by atoms with Gasteiger partial charge in [-0.1, -0.05) is 80.5 Å². The maximum atomic E-state index is 13.2. The Morgan fingerprint density at radius 1 is 1.00 bits per heavy atom. The number of para-hydroxylation sites is 1. The molecule has 2 aliphatic rings. The first kappa shape index (κ1) is 27.8. The van der Waals surface area contributed by atoms with Crippen LogP contribution >= 0.6 is 24.0 Å². The molecule has 0 unspecified atom stereocenters. The summed E-state index contributed by atoms with van der Waals surface area (Å²) in [7, 11) is -3.53. The van der Waals surface area contributed by atoms with Crippen LogP contribution in [0, 0.1) is 0 Å². The number of benzene rings is 2.